The third-order valence-corrected chi connectivity index (χ3v) is 7.23. The Morgan fingerprint density at radius 1 is 1.38 bits per heavy atom. The molecule has 3 aliphatic heterocycles. The quantitative estimate of drug-likeness (QED) is 0.592. The molecule has 178 valence electrons. The molecule has 2 unspecified atom stereocenters. The van der Waals surface area contributed by atoms with Gasteiger partial charge < -0.3 is 15.7 Å². The van der Waals surface area contributed by atoms with Crippen LogP contribution >= 0.6 is 11.3 Å². The first-order valence-electron chi connectivity index (χ1n) is 10.5. The first-order valence-corrected chi connectivity index (χ1v) is 11.4. The van der Waals surface area contributed by atoms with Gasteiger partial charge in [-0.05, 0) is 24.1 Å². The number of amides is 1. The molecule has 1 aromatic heterocycles. The highest BCUT2D eigenvalue weighted by molar-refractivity contribution is 7.11. The van der Waals surface area contributed by atoms with Crippen molar-refractivity contribution in [3.63, 3.8) is 0 Å². The second kappa shape index (κ2) is 8.20. The number of hydrogen-bond acceptors (Lipinski definition) is 7. The van der Waals surface area contributed by atoms with E-state index in [0.717, 1.165) is 0 Å². The SMILES string of the molecule is Cc1c(F)cccc1[C@@H]1N=C(c2nccs2)NC(CN2CC(F)(F)C3C(=O)NCC32)=C1C(=O)O. The lowest BCUT2D eigenvalue weighted by Gasteiger charge is -2.30. The van der Waals surface area contributed by atoms with Crippen LogP contribution in [-0.4, -0.2) is 64.3 Å². The average molecular weight is 491 g/mol. The van der Waals surface area contributed by atoms with E-state index < -0.39 is 48.2 Å². The molecule has 3 aliphatic rings. The molecule has 0 radical (unpaired) electrons. The van der Waals surface area contributed by atoms with Gasteiger partial charge in [-0.15, -0.1) is 11.3 Å². The minimum absolute atomic E-state index is 0.0502. The molecule has 2 aromatic rings. The number of carbonyl (C=O) groups excluding carboxylic acids is 1. The summed E-state index contributed by atoms with van der Waals surface area (Å²) in [6.45, 7) is 0.727. The molecule has 0 aliphatic carbocycles. The molecule has 2 saturated heterocycles. The Bertz CT molecular complexity index is 1230. The van der Waals surface area contributed by atoms with Gasteiger partial charge in [0, 0.05) is 36.4 Å². The van der Waals surface area contributed by atoms with Crippen molar-refractivity contribution in [3.8, 4) is 0 Å². The van der Waals surface area contributed by atoms with Gasteiger partial charge in [0.1, 0.15) is 17.8 Å². The van der Waals surface area contributed by atoms with E-state index in [1.807, 2.05) is 0 Å². The van der Waals surface area contributed by atoms with Crippen molar-refractivity contribution in [3.05, 3.63) is 63.0 Å². The Hall–Kier alpha value is -3.25. The van der Waals surface area contributed by atoms with Gasteiger partial charge in [0.25, 0.3) is 5.92 Å². The Labute approximate surface area is 196 Å². The predicted molar refractivity (Wildman–Crippen MR) is 117 cm³/mol. The minimum Gasteiger partial charge on any atom is -0.478 e. The predicted octanol–water partition coefficient (Wildman–Crippen LogP) is 2.09. The lowest BCUT2D eigenvalue weighted by molar-refractivity contribution is -0.133. The smallest absolute Gasteiger partial charge is 0.335 e. The number of carbonyl (C=O) groups is 2. The van der Waals surface area contributed by atoms with Crippen LogP contribution in [-0.2, 0) is 9.59 Å². The van der Waals surface area contributed by atoms with Crippen LogP contribution in [0.2, 0.25) is 0 Å². The van der Waals surface area contributed by atoms with E-state index in [4.69, 9.17) is 0 Å². The highest BCUT2D eigenvalue weighted by Gasteiger charge is 2.60. The molecule has 0 spiro atoms. The number of hydrogen-bond donors (Lipinski definition) is 3. The number of benzene rings is 1. The molecule has 3 N–H and O–H groups in total. The Morgan fingerprint density at radius 2 is 2.18 bits per heavy atom. The normalized spacial score (nSPS) is 26.2. The first kappa shape index (κ1) is 22.5. The minimum atomic E-state index is -3.24. The molecule has 5 rings (SSSR count). The van der Waals surface area contributed by atoms with Gasteiger partial charge in [0.2, 0.25) is 5.91 Å². The fourth-order valence-corrected chi connectivity index (χ4v) is 5.44. The molecule has 1 amide bonds. The highest BCUT2D eigenvalue weighted by atomic mass is 32.1. The van der Waals surface area contributed by atoms with Crippen molar-refractivity contribution in [1.29, 1.82) is 0 Å². The van der Waals surface area contributed by atoms with Gasteiger partial charge >= 0.3 is 5.97 Å². The zero-order valence-electron chi connectivity index (χ0n) is 17.9. The lowest BCUT2D eigenvalue weighted by atomic mass is 9.92. The topological polar surface area (TPSA) is 107 Å². The number of carboxylic acids is 1. The van der Waals surface area contributed by atoms with Gasteiger partial charge in [-0.25, -0.2) is 22.9 Å². The fourth-order valence-electron chi connectivity index (χ4n) is 4.85. The second-order valence-electron chi connectivity index (χ2n) is 8.45. The maximum Gasteiger partial charge on any atom is 0.335 e. The van der Waals surface area contributed by atoms with Crippen LogP contribution in [0.4, 0.5) is 13.2 Å². The van der Waals surface area contributed by atoms with E-state index in [0.29, 0.717) is 10.6 Å². The summed E-state index contributed by atoms with van der Waals surface area (Å²) >= 11 is 1.27. The van der Waals surface area contributed by atoms with E-state index in [-0.39, 0.29) is 35.8 Å². The molecule has 0 saturated carbocycles. The Balaban J connectivity index is 1.59. The summed E-state index contributed by atoms with van der Waals surface area (Å²) in [5.41, 5.74) is 0.580. The van der Waals surface area contributed by atoms with Gasteiger partial charge in [-0.2, -0.15) is 0 Å². The summed E-state index contributed by atoms with van der Waals surface area (Å²) in [7, 11) is 0. The molecule has 8 nitrogen and oxygen atoms in total. The number of likely N-dealkylation sites (tertiary alicyclic amines) is 1. The number of alkyl halides is 2. The average Bonchev–Trinajstić information content (AvgIpc) is 3.49. The van der Waals surface area contributed by atoms with Gasteiger partial charge in [-0.3, -0.25) is 14.7 Å². The number of nitrogens with one attached hydrogen (secondary N) is 2. The van der Waals surface area contributed by atoms with Crippen molar-refractivity contribution >= 4 is 29.0 Å². The number of carboxylic acid groups (broad SMARTS) is 1. The number of rotatable bonds is 5. The molecule has 12 heteroatoms. The van der Waals surface area contributed by atoms with Crippen molar-refractivity contribution in [2.24, 2.45) is 10.9 Å². The number of halogens is 3. The monoisotopic (exact) mass is 491 g/mol. The van der Waals surface area contributed by atoms with E-state index >= 15 is 0 Å². The maximum absolute atomic E-state index is 14.6. The zero-order valence-corrected chi connectivity index (χ0v) is 18.7. The standard InChI is InChI=1S/C22H20F3N5O3S/c1-10-11(3-2-4-12(10)23)17-15(21(32)33)13(28-18(29-17)20-26-5-6-34-20)8-30-9-22(24,25)16-14(30)7-27-19(16)31/h2-6,14,16-17H,7-9H2,1H3,(H,27,31)(H,28,29)(H,32,33)/t14?,16?,17-/m0/s1. The molecule has 1 aromatic carbocycles. The Morgan fingerprint density at radius 3 is 2.88 bits per heavy atom. The fraction of sp³-hybridized carbons (Fsp3) is 0.364. The lowest BCUT2D eigenvalue weighted by Crippen LogP contribution is -2.42. The Kier molecular flexibility index (Phi) is 5.44. The molecule has 3 atom stereocenters. The summed E-state index contributed by atoms with van der Waals surface area (Å²) in [6.07, 6.45) is 1.56. The summed E-state index contributed by atoms with van der Waals surface area (Å²) in [5.74, 6) is -6.98. The molecule has 2 fully saturated rings. The number of nitrogens with zero attached hydrogens (tertiary/aromatic N) is 3. The van der Waals surface area contributed by atoms with E-state index in [1.165, 1.54) is 35.3 Å². The van der Waals surface area contributed by atoms with E-state index in [9.17, 15) is 27.9 Å². The van der Waals surface area contributed by atoms with Crippen LogP contribution < -0.4 is 10.6 Å². The highest BCUT2D eigenvalue weighted by Crippen LogP contribution is 2.41. The maximum atomic E-state index is 14.6. The molecule has 0 bridgehead atoms. The van der Waals surface area contributed by atoms with Gasteiger partial charge in [0.05, 0.1) is 12.1 Å². The largest absolute Gasteiger partial charge is 0.478 e. The van der Waals surface area contributed by atoms with E-state index in [1.54, 1.807) is 17.6 Å². The van der Waals surface area contributed by atoms with Crippen molar-refractivity contribution < 1.29 is 27.9 Å². The van der Waals surface area contributed by atoms with Crippen LogP contribution in [0.5, 0.6) is 0 Å². The summed E-state index contributed by atoms with van der Waals surface area (Å²) in [5, 5.41) is 17.8. The molecular weight excluding hydrogens is 471 g/mol. The van der Waals surface area contributed by atoms with Crippen LogP contribution in [0.15, 0.2) is 46.0 Å². The molecule has 4 heterocycles. The number of aliphatic carboxylic acids is 1. The molecule has 34 heavy (non-hydrogen) atoms. The second-order valence-corrected chi connectivity index (χ2v) is 9.34. The summed E-state index contributed by atoms with van der Waals surface area (Å²) < 4.78 is 43.6. The number of amidine groups is 1. The van der Waals surface area contributed by atoms with E-state index in [2.05, 4.69) is 20.6 Å². The number of fused-ring (bicyclic) bond motifs is 1. The molecular formula is C22H20F3N5O3S. The van der Waals surface area contributed by atoms with Crippen LogP contribution in [0.1, 0.15) is 22.2 Å². The van der Waals surface area contributed by atoms with Crippen molar-refractivity contribution in [1.82, 2.24) is 20.5 Å². The van der Waals surface area contributed by atoms with Gasteiger partial charge in [-0.1, -0.05) is 12.1 Å². The summed E-state index contributed by atoms with van der Waals surface area (Å²) in [6, 6.07) is 2.48. The number of aliphatic imine (C=N–C) groups is 1. The third kappa shape index (κ3) is 3.66. The number of aromatic nitrogens is 1. The van der Waals surface area contributed by atoms with Crippen LogP contribution in [0.3, 0.4) is 0 Å². The number of thiazole rings is 1. The van der Waals surface area contributed by atoms with Crippen molar-refractivity contribution in [2.45, 2.75) is 24.9 Å². The zero-order chi connectivity index (χ0) is 24.2. The van der Waals surface area contributed by atoms with Crippen LogP contribution in [0, 0.1) is 18.7 Å². The third-order valence-electron chi connectivity index (χ3n) is 6.45. The van der Waals surface area contributed by atoms with Crippen molar-refractivity contribution in [2.75, 3.05) is 19.6 Å². The van der Waals surface area contributed by atoms with Gasteiger partial charge in [0.15, 0.2) is 10.8 Å². The summed E-state index contributed by atoms with van der Waals surface area (Å²) in [4.78, 5) is 34.6. The first-order chi connectivity index (χ1) is 16.2. The van der Waals surface area contributed by atoms with Crippen LogP contribution in [0.25, 0.3) is 0 Å².